The van der Waals surface area contributed by atoms with Crippen molar-refractivity contribution in [1.29, 1.82) is 0 Å². The van der Waals surface area contributed by atoms with Crippen molar-refractivity contribution in [2.75, 3.05) is 45.9 Å². The van der Waals surface area contributed by atoms with Gasteiger partial charge < -0.3 is 15.4 Å². The van der Waals surface area contributed by atoms with Crippen LogP contribution in [0.4, 0.5) is 0 Å². The van der Waals surface area contributed by atoms with Crippen LogP contribution < -0.4 is 10.6 Å². The molecule has 0 radical (unpaired) electrons. The van der Waals surface area contributed by atoms with Gasteiger partial charge in [-0.05, 0) is 11.6 Å². The third kappa shape index (κ3) is 4.50. The van der Waals surface area contributed by atoms with Crippen LogP contribution in [0.3, 0.4) is 0 Å². The normalized spacial score (nSPS) is 19.7. The van der Waals surface area contributed by atoms with Crippen LogP contribution in [0.5, 0.6) is 0 Å². The van der Waals surface area contributed by atoms with Gasteiger partial charge in [-0.25, -0.2) is 0 Å². The molecular formula is C17H21N5O4. The Kier molecular flexibility index (Phi) is 6.03. The van der Waals surface area contributed by atoms with Crippen molar-refractivity contribution in [3.05, 3.63) is 35.4 Å². The summed E-state index contributed by atoms with van der Waals surface area (Å²) >= 11 is 0. The van der Waals surface area contributed by atoms with Crippen LogP contribution in [0, 0.1) is 0 Å². The Bertz CT molecular complexity index is 715. The van der Waals surface area contributed by atoms with Gasteiger partial charge in [-0.3, -0.25) is 19.3 Å². The van der Waals surface area contributed by atoms with Gasteiger partial charge in [0.2, 0.25) is 0 Å². The molecule has 2 aliphatic heterocycles. The van der Waals surface area contributed by atoms with Crippen LogP contribution in [0.25, 0.3) is 0 Å². The lowest BCUT2D eigenvalue weighted by Crippen LogP contribution is -2.45. The summed E-state index contributed by atoms with van der Waals surface area (Å²) in [6.45, 7) is 4.20. The van der Waals surface area contributed by atoms with Gasteiger partial charge in [0.1, 0.15) is 6.04 Å². The summed E-state index contributed by atoms with van der Waals surface area (Å²) in [7, 11) is 0. The van der Waals surface area contributed by atoms with Crippen LogP contribution in [0.15, 0.2) is 34.5 Å². The zero-order chi connectivity index (χ0) is 18.4. The zero-order valence-electron chi connectivity index (χ0n) is 14.3. The number of carbonyl (C=O) groups is 3. The summed E-state index contributed by atoms with van der Waals surface area (Å²) in [6, 6.07) is 6.50. The van der Waals surface area contributed by atoms with E-state index in [2.05, 4.69) is 25.8 Å². The average molecular weight is 359 g/mol. The quantitative estimate of drug-likeness (QED) is 0.713. The molecular weight excluding hydrogens is 338 g/mol. The molecule has 0 aromatic heterocycles. The minimum absolute atomic E-state index is 0.101. The highest BCUT2D eigenvalue weighted by Crippen LogP contribution is 2.26. The molecule has 3 rings (SSSR count). The molecule has 3 amide bonds. The molecule has 2 N–H and O–H groups in total. The molecule has 0 bridgehead atoms. The highest BCUT2D eigenvalue weighted by atomic mass is 16.5. The molecule has 138 valence electrons. The zero-order valence-corrected chi connectivity index (χ0v) is 14.3. The molecule has 1 atom stereocenters. The lowest BCUT2D eigenvalue weighted by molar-refractivity contribution is -0.139. The number of morpholine rings is 1. The number of nitrogens with one attached hydrogen (secondary N) is 2. The number of amides is 3. The maximum atomic E-state index is 11.9. The predicted octanol–water partition coefficient (Wildman–Crippen LogP) is -0.102. The number of hydrogen-bond acceptors (Lipinski definition) is 6. The van der Waals surface area contributed by atoms with E-state index in [1.165, 1.54) is 0 Å². The maximum absolute atomic E-state index is 11.9. The molecule has 1 unspecified atom stereocenters. The lowest BCUT2D eigenvalue weighted by atomic mass is 9.99. The predicted molar refractivity (Wildman–Crippen MR) is 91.6 cm³/mol. The Labute approximate surface area is 150 Å². The van der Waals surface area contributed by atoms with E-state index in [1.54, 1.807) is 24.3 Å². The molecule has 0 aliphatic carbocycles. The molecule has 9 nitrogen and oxygen atoms in total. The molecule has 1 fully saturated rings. The first-order valence-electron chi connectivity index (χ1n) is 8.55. The number of nitrogens with zero attached hydrogens (tertiary/aromatic N) is 3. The van der Waals surface area contributed by atoms with Crippen molar-refractivity contribution in [3.63, 3.8) is 0 Å². The van der Waals surface area contributed by atoms with Crippen LogP contribution >= 0.6 is 0 Å². The molecule has 1 aromatic carbocycles. The van der Waals surface area contributed by atoms with E-state index in [0.29, 0.717) is 37.4 Å². The summed E-state index contributed by atoms with van der Waals surface area (Å²) in [5.41, 5.74) is 1.16. The first kappa shape index (κ1) is 18.2. The molecule has 2 heterocycles. The number of carbonyl (C=O) groups excluding carboxylic acids is 3. The van der Waals surface area contributed by atoms with Crippen molar-refractivity contribution in [1.82, 2.24) is 15.5 Å². The first-order chi connectivity index (χ1) is 12.6. The summed E-state index contributed by atoms with van der Waals surface area (Å²) in [5.74, 6) is -1.81. The molecule has 9 heteroatoms. The van der Waals surface area contributed by atoms with Gasteiger partial charge in [0.25, 0.3) is 5.91 Å². The van der Waals surface area contributed by atoms with Gasteiger partial charge in [-0.15, -0.1) is 5.11 Å². The Hall–Kier alpha value is -2.65. The van der Waals surface area contributed by atoms with Crippen molar-refractivity contribution in [3.8, 4) is 0 Å². The molecule has 0 saturated carbocycles. The standard InChI is InChI=1S/C17H21N5O4/c23-15-13-4-2-1-3-12(13)14(20-21-15)11-19-17(25)16(24)18-5-6-22-7-9-26-10-8-22/h1-4,14H,5-11H2,(H,18,24)(H,19,25). The Morgan fingerprint density at radius 1 is 1.15 bits per heavy atom. The number of azo groups is 1. The number of hydrogen-bond donors (Lipinski definition) is 2. The van der Waals surface area contributed by atoms with Gasteiger partial charge in [0.15, 0.2) is 0 Å². The van der Waals surface area contributed by atoms with Crippen molar-refractivity contribution >= 4 is 17.7 Å². The van der Waals surface area contributed by atoms with E-state index in [4.69, 9.17) is 4.74 Å². The van der Waals surface area contributed by atoms with Gasteiger partial charge >= 0.3 is 11.8 Å². The van der Waals surface area contributed by atoms with Crippen LogP contribution in [0.1, 0.15) is 22.0 Å². The van der Waals surface area contributed by atoms with E-state index in [-0.39, 0.29) is 6.54 Å². The molecule has 2 aliphatic rings. The van der Waals surface area contributed by atoms with Crippen molar-refractivity contribution in [2.45, 2.75) is 6.04 Å². The Balaban J connectivity index is 1.44. The van der Waals surface area contributed by atoms with E-state index in [1.807, 2.05) is 0 Å². The fraction of sp³-hybridized carbons (Fsp3) is 0.471. The fourth-order valence-corrected chi connectivity index (χ4v) is 2.87. The first-order valence-corrected chi connectivity index (χ1v) is 8.55. The second kappa shape index (κ2) is 8.63. The van der Waals surface area contributed by atoms with E-state index < -0.39 is 23.8 Å². The lowest BCUT2D eigenvalue weighted by Gasteiger charge is -2.26. The minimum atomic E-state index is -0.725. The Morgan fingerprint density at radius 3 is 2.69 bits per heavy atom. The smallest absolute Gasteiger partial charge is 0.309 e. The van der Waals surface area contributed by atoms with E-state index in [0.717, 1.165) is 13.1 Å². The molecule has 1 aromatic rings. The highest BCUT2D eigenvalue weighted by molar-refractivity contribution is 6.35. The topological polar surface area (TPSA) is 112 Å². The van der Waals surface area contributed by atoms with E-state index >= 15 is 0 Å². The molecule has 26 heavy (non-hydrogen) atoms. The van der Waals surface area contributed by atoms with Gasteiger partial charge in [0, 0.05) is 38.3 Å². The largest absolute Gasteiger partial charge is 0.379 e. The van der Waals surface area contributed by atoms with Gasteiger partial charge in [0.05, 0.1) is 13.2 Å². The fourth-order valence-electron chi connectivity index (χ4n) is 2.87. The van der Waals surface area contributed by atoms with Crippen LogP contribution in [-0.4, -0.2) is 68.6 Å². The summed E-state index contributed by atoms with van der Waals surface area (Å²) in [6.07, 6.45) is 0. The van der Waals surface area contributed by atoms with Gasteiger partial charge in [-0.2, -0.15) is 5.11 Å². The second-order valence-corrected chi connectivity index (χ2v) is 6.04. The highest BCUT2D eigenvalue weighted by Gasteiger charge is 2.24. The van der Waals surface area contributed by atoms with Crippen molar-refractivity contribution in [2.24, 2.45) is 10.2 Å². The SMILES string of the molecule is O=C(NCCN1CCOCC1)C(=O)NCC1N=NC(=O)c2ccccc21. The van der Waals surface area contributed by atoms with E-state index in [9.17, 15) is 14.4 Å². The number of fused-ring (bicyclic) bond motifs is 1. The average Bonchev–Trinajstić information content (AvgIpc) is 2.68. The van der Waals surface area contributed by atoms with Crippen LogP contribution in [0.2, 0.25) is 0 Å². The number of rotatable bonds is 5. The van der Waals surface area contributed by atoms with Gasteiger partial charge in [-0.1, -0.05) is 18.2 Å². The molecule has 1 saturated heterocycles. The third-order valence-electron chi connectivity index (χ3n) is 4.32. The number of ether oxygens (including phenoxy) is 1. The maximum Gasteiger partial charge on any atom is 0.309 e. The summed E-state index contributed by atoms with van der Waals surface area (Å²) in [5, 5.41) is 12.7. The summed E-state index contributed by atoms with van der Waals surface area (Å²) in [4.78, 5) is 37.7. The van der Waals surface area contributed by atoms with Crippen LogP contribution in [-0.2, 0) is 14.3 Å². The molecule has 0 spiro atoms. The third-order valence-corrected chi connectivity index (χ3v) is 4.32. The monoisotopic (exact) mass is 359 g/mol. The van der Waals surface area contributed by atoms with Crippen molar-refractivity contribution < 1.29 is 19.1 Å². The minimum Gasteiger partial charge on any atom is -0.379 e. The summed E-state index contributed by atoms with van der Waals surface area (Å²) < 4.78 is 5.26. The Morgan fingerprint density at radius 2 is 1.88 bits per heavy atom. The number of benzene rings is 1. The second-order valence-electron chi connectivity index (χ2n) is 6.04.